The number of carboxylic acids is 1. The van der Waals surface area contributed by atoms with Gasteiger partial charge < -0.3 is 10.0 Å². The number of aliphatic carboxylic acids is 1. The Hall–Kier alpha value is -0.660. The molecule has 0 saturated carbocycles. The van der Waals surface area contributed by atoms with Gasteiger partial charge in [-0.3, -0.25) is 4.79 Å². The van der Waals surface area contributed by atoms with Gasteiger partial charge in [-0.05, 0) is 27.1 Å². The lowest BCUT2D eigenvalue weighted by Gasteiger charge is -2.18. The summed E-state index contributed by atoms with van der Waals surface area (Å²) in [6.45, 7) is 0.501. The van der Waals surface area contributed by atoms with Crippen molar-refractivity contribution < 1.29 is 18.3 Å². The predicted octanol–water partition coefficient (Wildman–Crippen LogP) is -0.716. The molecule has 0 aromatic carbocycles. The molecule has 0 radical (unpaired) electrons. The number of nitrogens with zero attached hydrogens (tertiary/aromatic N) is 2. The molecule has 6 nitrogen and oxygen atoms in total. The standard InChI is InChI=1S/C8H18N2O4S/c1-9(2)5-4-6-10(7-8(11)12)15(3,13)14/h4-7H2,1-3H3,(H,11,12). The second-order valence-electron chi connectivity index (χ2n) is 3.65. The van der Waals surface area contributed by atoms with Crippen LogP contribution in [0.3, 0.4) is 0 Å². The summed E-state index contributed by atoms with van der Waals surface area (Å²) < 4.78 is 23.4. The second kappa shape index (κ2) is 6.04. The van der Waals surface area contributed by atoms with Crippen LogP contribution >= 0.6 is 0 Å². The summed E-state index contributed by atoms with van der Waals surface area (Å²) in [5.41, 5.74) is 0. The van der Waals surface area contributed by atoms with Crippen LogP contribution in [-0.4, -0.2) is 68.7 Å². The van der Waals surface area contributed by atoms with Gasteiger partial charge >= 0.3 is 5.97 Å². The van der Waals surface area contributed by atoms with E-state index in [9.17, 15) is 13.2 Å². The minimum Gasteiger partial charge on any atom is -0.480 e. The summed E-state index contributed by atoms with van der Waals surface area (Å²) in [7, 11) is 0.330. The molecule has 0 aromatic rings. The number of carboxylic acid groups (broad SMARTS) is 1. The summed E-state index contributed by atoms with van der Waals surface area (Å²) in [6.07, 6.45) is 1.64. The lowest BCUT2D eigenvalue weighted by atomic mass is 10.4. The number of rotatable bonds is 7. The molecule has 0 atom stereocenters. The molecule has 90 valence electrons. The van der Waals surface area contributed by atoms with Gasteiger partial charge in [0.15, 0.2) is 0 Å². The first-order valence-corrected chi connectivity index (χ1v) is 6.40. The Kier molecular flexibility index (Phi) is 5.77. The average molecular weight is 238 g/mol. The van der Waals surface area contributed by atoms with E-state index in [1.807, 2.05) is 19.0 Å². The van der Waals surface area contributed by atoms with Crippen molar-refractivity contribution in [2.75, 3.05) is 40.0 Å². The molecule has 0 saturated heterocycles. The molecule has 0 aliphatic rings. The molecular formula is C8H18N2O4S. The minimum absolute atomic E-state index is 0.239. The van der Waals surface area contributed by atoms with Crippen LogP contribution in [0.1, 0.15) is 6.42 Å². The van der Waals surface area contributed by atoms with Gasteiger partial charge in [0, 0.05) is 6.54 Å². The van der Waals surface area contributed by atoms with Crippen molar-refractivity contribution in [2.24, 2.45) is 0 Å². The SMILES string of the molecule is CN(C)CCCN(CC(=O)O)S(C)(=O)=O. The fourth-order valence-corrected chi connectivity index (χ4v) is 1.88. The maximum absolute atomic E-state index is 11.2. The molecule has 0 unspecified atom stereocenters. The summed E-state index contributed by atoms with van der Waals surface area (Å²) >= 11 is 0. The van der Waals surface area contributed by atoms with Crippen molar-refractivity contribution in [1.29, 1.82) is 0 Å². The molecule has 0 aliphatic carbocycles. The molecule has 15 heavy (non-hydrogen) atoms. The van der Waals surface area contributed by atoms with Crippen molar-refractivity contribution in [3.8, 4) is 0 Å². The Balaban J connectivity index is 4.21. The average Bonchev–Trinajstić information content (AvgIpc) is 1.99. The molecule has 0 amide bonds. The van der Waals surface area contributed by atoms with Gasteiger partial charge in [-0.2, -0.15) is 4.31 Å². The summed E-state index contributed by atoms with van der Waals surface area (Å²) in [5.74, 6) is -1.13. The first-order chi connectivity index (χ1) is 6.73. The Morgan fingerprint density at radius 3 is 2.13 bits per heavy atom. The third kappa shape index (κ3) is 7.29. The predicted molar refractivity (Wildman–Crippen MR) is 57.2 cm³/mol. The molecule has 0 fully saturated rings. The van der Waals surface area contributed by atoms with E-state index in [4.69, 9.17) is 5.11 Å². The van der Waals surface area contributed by atoms with E-state index in [2.05, 4.69) is 0 Å². The molecule has 0 bridgehead atoms. The Labute approximate surface area is 90.5 Å². The highest BCUT2D eigenvalue weighted by Gasteiger charge is 2.18. The third-order valence-corrected chi connectivity index (χ3v) is 3.04. The lowest BCUT2D eigenvalue weighted by molar-refractivity contribution is -0.137. The number of carbonyl (C=O) groups is 1. The lowest BCUT2D eigenvalue weighted by Crippen LogP contribution is -2.36. The van der Waals surface area contributed by atoms with Crippen molar-refractivity contribution in [1.82, 2.24) is 9.21 Å². The zero-order chi connectivity index (χ0) is 12.1. The van der Waals surface area contributed by atoms with E-state index in [0.717, 1.165) is 17.1 Å². The number of sulfonamides is 1. The van der Waals surface area contributed by atoms with Gasteiger partial charge in [0.1, 0.15) is 6.54 Å². The zero-order valence-electron chi connectivity index (χ0n) is 9.30. The normalized spacial score (nSPS) is 12.3. The highest BCUT2D eigenvalue weighted by molar-refractivity contribution is 7.88. The summed E-state index contributed by atoms with van der Waals surface area (Å²) in [5, 5.41) is 8.54. The largest absolute Gasteiger partial charge is 0.480 e. The van der Waals surface area contributed by atoms with Crippen LogP contribution in [0, 0.1) is 0 Å². The Morgan fingerprint density at radius 2 is 1.80 bits per heavy atom. The maximum atomic E-state index is 11.2. The maximum Gasteiger partial charge on any atom is 0.318 e. The number of hydrogen-bond donors (Lipinski definition) is 1. The van der Waals surface area contributed by atoms with Gasteiger partial charge in [-0.25, -0.2) is 8.42 Å². The van der Waals surface area contributed by atoms with Crippen molar-refractivity contribution >= 4 is 16.0 Å². The molecule has 1 N–H and O–H groups in total. The van der Waals surface area contributed by atoms with Crippen LogP contribution in [0.2, 0.25) is 0 Å². The van der Waals surface area contributed by atoms with Crippen LogP contribution in [0.15, 0.2) is 0 Å². The van der Waals surface area contributed by atoms with Crippen molar-refractivity contribution in [3.05, 3.63) is 0 Å². The smallest absolute Gasteiger partial charge is 0.318 e. The molecule has 0 aliphatic heterocycles. The van der Waals surface area contributed by atoms with Crippen molar-refractivity contribution in [3.63, 3.8) is 0 Å². The van der Waals surface area contributed by atoms with Crippen LogP contribution in [0.25, 0.3) is 0 Å². The molecular weight excluding hydrogens is 220 g/mol. The van der Waals surface area contributed by atoms with Gasteiger partial charge in [0.05, 0.1) is 6.26 Å². The first-order valence-electron chi connectivity index (χ1n) is 4.55. The van der Waals surface area contributed by atoms with Gasteiger partial charge in [-0.1, -0.05) is 0 Å². The topological polar surface area (TPSA) is 77.9 Å². The van der Waals surface area contributed by atoms with Gasteiger partial charge in [0.2, 0.25) is 10.0 Å². The van der Waals surface area contributed by atoms with Crippen LogP contribution in [-0.2, 0) is 14.8 Å². The fourth-order valence-electron chi connectivity index (χ4n) is 1.08. The summed E-state index contributed by atoms with van der Waals surface area (Å²) in [6, 6.07) is 0. The molecule has 0 heterocycles. The Bertz CT molecular complexity index is 300. The molecule has 7 heteroatoms. The molecule has 0 aromatic heterocycles. The van der Waals surface area contributed by atoms with Gasteiger partial charge in [-0.15, -0.1) is 0 Å². The van der Waals surface area contributed by atoms with Crippen molar-refractivity contribution in [2.45, 2.75) is 6.42 Å². The number of hydrogen-bond acceptors (Lipinski definition) is 4. The zero-order valence-corrected chi connectivity index (χ0v) is 10.1. The first kappa shape index (κ1) is 14.3. The van der Waals surface area contributed by atoms with E-state index in [0.29, 0.717) is 6.42 Å². The van der Waals surface area contributed by atoms with Crippen LogP contribution < -0.4 is 0 Å². The summed E-state index contributed by atoms with van der Waals surface area (Å²) in [4.78, 5) is 12.4. The fraction of sp³-hybridized carbons (Fsp3) is 0.875. The quantitative estimate of drug-likeness (QED) is 0.633. The molecule has 0 rings (SSSR count). The van der Waals surface area contributed by atoms with Crippen LogP contribution in [0.4, 0.5) is 0 Å². The third-order valence-electron chi connectivity index (χ3n) is 1.79. The highest BCUT2D eigenvalue weighted by Crippen LogP contribution is 1.99. The minimum atomic E-state index is -3.42. The Morgan fingerprint density at radius 1 is 1.27 bits per heavy atom. The van der Waals surface area contributed by atoms with Gasteiger partial charge in [0.25, 0.3) is 0 Å². The van der Waals surface area contributed by atoms with E-state index >= 15 is 0 Å². The molecule has 0 spiro atoms. The highest BCUT2D eigenvalue weighted by atomic mass is 32.2. The van der Waals surface area contributed by atoms with E-state index in [1.54, 1.807) is 0 Å². The van der Waals surface area contributed by atoms with E-state index in [-0.39, 0.29) is 6.54 Å². The monoisotopic (exact) mass is 238 g/mol. The van der Waals surface area contributed by atoms with Crippen LogP contribution in [0.5, 0.6) is 0 Å². The second-order valence-corrected chi connectivity index (χ2v) is 5.63. The van der Waals surface area contributed by atoms with E-state index in [1.165, 1.54) is 0 Å². The van der Waals surface area contributed by atoms with E-state index < -0.39 is 22.5 Å².